The minimum Gasteiger partial charge on any atom is -0.265 e. The Labute approximate surface area is 112 Å². The van der Waals surface area contributed by atoms with Gasteiger partial charge in [-0.2, -0.15) is 8.42 Å². The SMILES string of the molecule is Cc1ccc(S(=O)(=O)ON=Cc2ccccc2)cc1. The summed E-state index contributed by atoms with van der Waals surface area (Å²) in [5.41, 5.74) is 1.74. The lowest BCUT2D eigenvalue weighted by atomic mass is 10.2. The van der Waals surface area contributed by atoms with E-state index in [0.717, 1.165) is 11.1 Å². The molecule has 0 aliphatic heterocycles. The first-order valence-electron chi connectivity index (χ1n) is 5.67. The zero-order chi connectivity index (χ0) is 13.7. The fourth-order valence-electron chi connectivity index (χ4n) is 1.43. The Balaban J connectivity index is 2.10. The summed E-state index contributed by atoms with van der Waals surface area (Å²) in [7, 11) is -3.85. The largest absolute Gasteiger partial charge is 0.358 e. The van der Waals surface area contributed by atoms with Crippen molar-refractivity contribution in [3.63, 3.8) is 0 Å². The topological polar surface area (TPSA) is 55.7 Å². The zero-order valence-corrected chi connectivity index (χ0v) is 11.2. The quantitative estimate of drug-likeness (QED) is 0.637. The average Bonchev–Trinajstić information content (AvgIpc) is 2.40. The molecule has 0 fully saturated rings. The van der Waals surface area contributed by atoms with Crippen LogP contribution in [-0.4, -0.2) is 14.6 Å². The fourth-order valence-corrected chi connectivity index (χ4v) is 2.14. The van der Waals surface area contributed by atoms with E-state index in [1.54, 1.807) is 24.3 Å². The van der Waals surface area contributed by atoms with Crippen LogP contribution < -0.4 is 0 Å². The number of hydrogen-bond donors (Lipinski definition) is 0. The molecule has 0 radical (unpaired) electrons. The van der Waals surface area contributed by atoms with E-state index in [2.05, 4.69) is 9.44 Å². The molecule has 0 aromatic heterocycles. The Bertz CT molecular complexity index is 662. The van der Waals surface area contributed by atoms with Crippen LogP contribution in [0.4, 0.5) is 0 Å². The van der Waals surface area contributed by atoms with Crippen molar-refractivity contribution in [3.05, 3.63) is 65.7 Å². The van der Waals surface area contributed by atoms with Crippen molar-refractivity contribution in [2.75, 3.05) is 0 Å². The second-order valence-corrected chi connectivity index (χ2v) is 5.52. The molecule has 0 saturated carbocycles. The van der Waals surface area contributed by atoms with Crippen molar-refractivity contribution in [2.24, 2.45) is 5.16 Å². The van der Waals surface area contributed by atoms with Gasteiger partial charge in [-0.15, -0.1) is 0 Å². The summed E-state index contributed by atoms with van der Waals surface area (Å²) in [5, 5.41) is 3.50. The maximum absolute atomic E-state index is 11.8. The number of nitrogens with zero attached hydrogens (tertiary/aromatic N) is 1. The molecule has 98 valence electrons. The van der Waals surface area contributed by atoms with Gasteiger partial charge in [0.2, 0.25) is 0 Å². The minimum absolute atomic E-state index is 0.0864. The summed E-state index contributed by atoms with van der Waals surface area (Å²) in [4.78, 5) is 0.0864. The van der Waals surface area contributed by atoms with E-state index >= 15 is 0 Å². The van der Waals surface area contributed by atoms with Gasteiger partial charge in [0, 0.05) is 0 Å². The third kappa shape index (κ3) is 3.66. The fraction of sp³-hybridized carbons (Fsp3) is 0.0714. The zero-order valence-electron chi connectivity index (χ0n) is 10.4. The third-order valence-electron chi connectivity index (χ3n) is 2.45. The van der Waals surface area contributed by atoms with E-state index in [4.69, 9.17) is 0 Å². The lowest BCUT2D eigenvalue weighted by Crippen LogP contribution is -2.02. The molecule has 2 rings (SSSR count). The smallest absolute Gasteiger partial charge is 0.265 e. The molecule has 0 saturated heterocycles. The van der Waals surface area contributed by atoms with Crippen molar-refractivity contribution < 1.29 is 12.7 Å². The first-order chi connectivity index (χ1) is 9.08. The maximum Gasteiger partial charge on any atom is 0.358 e. The molecule has 0 aliphatic rings. The molecule has 0 aliphatic carbocycles. The minimum atomic E-state index is -3.85. The molecule has 0 heterocycles. The molecule has 0 unspecified atom stereocenters. The summed E-state index contributed by atoms with van der Waals surface area (Å²) >= 11 is 0. The predicted octanol–water partition coefficient (Wildman–Crippen LogP) is 2.73. The Morgan fingerprint density at radius 2 is 1.63 bits per heavy atom. The molecule has 0 bridgehead atoms. The van der Waals surface area contributed by atoms with Gasteiger partial charge in [-0.1, -0.05) is 53.2 Å². The molecule has 0 N–H and O–H groups in total. The van der Waals surface area contributed by atoms with Gasteiger partial charge in [0.25, 0.3) is 0 Å². The van der Waals surface area contributed by atoms with Gasteiger partial charge < -0.3 is 0 Å². The molecule has 5 heteroatoms. The van der Waals surface area contributed by atoms with E-state index in [-0.39, 0.29) is 4.90 Å². The molecule has 0 amide bonds. The summed E-state index contributed by atoms with van der Waals surface area (Å²) < 4.78 is 28.2. The number of hydrogen-bond acceptors (Lipinski definition) is 4. The van der Waals surface area contributed by atoms with E-state index < -0.39 is 10.1 Å². The van der Waals surface area contributed by atoms with Crippen LogP contribution in [0.5, 0.6) is 0 Å². The normalized spacial score (nSPS) is 11.6. The number of oxime groups is 1. The van der Waals surface area contributed by atoms with Gasteiger partial charge in [-0.25, -0.2) is 0 Å². The Kier molecular flexibility index (Phi) is 3.97. The number of benzene rings is 2. The van der Waals surface area contributed by atoms with Crippen molar-refractivity contribution in [1.82, 2.24) is 0 Å². The summed E-state index contributed by atoms with van der Waals surface area (Å²) in [5.74, 6) is 0. The number of rotatable bonds is 4. The van der Waals surface area contributed by atoms with E-state index in [1.807, 2.05) is 25.1 Å². The van der Waals surface area contributed by atoms with Gasteiger partial charge >= 0.3 is 10.1 Å². The monoisotopic (exact) mass is 275 g/mol. The van der Waals surface area contributed by atoms with E-state index in [9.17, 15) is 8.42 Å². The van der Waals surface area contributed by atoms with Crippen LogP contribution in [0.2, 0.25) is 0 Å². The van der Waals surface area contributed by atoms with E-state index in [0.29, 0.717) is 0 Å². The van der Waals surface area contributed by atoms with Crippen LogP contribution in [0.15, 0.2) is 64.6 Å². The van der Waals surface area contributed by atoms with Crippen LogP contribution in [0.25, 0.3) is 0 Å². The molecule has 0 atom stereocenters. The number of aryl methyl sites for hydroxylation is 1. The van der Waals surface area contributed by atoms with Gasteiger partial charge in [-0.05, 0) is 24.6 Å². The summed E-state index contributed by atoms with van der Waals surface area (Å²) in [6.07, 6.45) is 1.35. The van der Waals surface area contributed by atoms with Crippen LogP contribution in [-0.2, 0) is 14.4 Å². The molecular formula is C14H13NO3S. The highest BCUT2D eigenvalue weighted by Gasteiger charge is 2.14. The Morgan fingerprint density at radius 1 is 1.00 bits per heavy atom. The molecule has 2 aromatic rings. The highest BCUT2D eigenvalue weighted by Crippen LogP contribution is 2.13. The Morgan fingerprint density at radius 3 is 2.26 bits per heavy atom. The molecule has 2 aromatic carbocycles. The molecule has 0 spiro atoms. The van der Waals surface area contributed by atoms with Crippen LogP contribution in [0, 0.1) is 6.92 Å². The predicted molar refractivity (Wildman–Crippen MR) is 73.5 cm³/mol. The third-order valence-corrected chi connectivity index (χ3v) is 3.58. The van der Waals surface area contributed by atoms with Crippen molar-refractivity contribution in [3.8, 4) is 0 Å². The first kappa shape index (κ1) is 13.3. The van der Waals surface area contributed by atoms with Gasteiger partial charge in [0.1, 0.15) is 4.90 Å². The van der Waals surface area contributed by atoms with Gasteiger partial charge in [-0.3, -0.25) is 4.28 Å². The Hall–Kier alpha value is -2.14. The maximum atomic E-state index is 11.8. The molecule has 19 heavy (non-hydrogen) atoms. The second kappa shape index (κ2) is 5.67. The van der Waals surface area contributed by atoms with Crippen LogP contribution in [0.3, 0.4) is 0 Å². The highest BCUT2D eigenvalue weighted by molar-refractivity contribution is 7.86. The molecule has 4 nitrogen and oxygen atoms in total. The van der Waals surface area contributed by atoms with Gasteiger partial charge in [0.15, 0.2) is 0 Å². The lowest BCUT2D eigenvalue weighted by Gasteiger charge is -2.01. The van der Waals surface area contributed by atoms with Crippen LogP contribution in [0.1, 0.15) is 11.1 Å². The van der Waals surface area contributed by atoms with Crippen molar-refractivity contribution in [2.45, 2.75) is 11.8 Å². The first-order valence-corrected chi connectivity index (χ1v) is 7.07. The average molecular weight is 275 g/mol. The lowest BCUT2D eigenvalue weighted by molar-refractivity contribution is 0.341. The van der Waals surface area contributed by atoms with Crippen molar-refractivity contribution in [1.29, 1.82) is 0 Å². The standard InChI is InChI=1S/C14H13NO3S/c1-12-7-9-14(10-8-12)19(16,17)18-15-11-13-5-3-2-4-6-13/h2-11H,1H3. The summed E-state index contributed by atoms with van der Waals surface area (Å²) in [6.45, 7) is 1.88. The highest BCUT2D eigenvalue weighted by atomic mass is 32.2. The van der Waals surface area contributed by atoms with Crippen LogP contribution >= 0.6 is 0 Å². The second-order valence-electron chi connectivity index (χ2n) is 3.99. The van der Waals surface area contributed by atoms with E-state index in [1.165, 1.54) is 18.3 Å². The van der Waals surface area contributed by atoms with Crippen molar-refractivity contribution >= 4 is 16.3 Å². The van der Waals surface area contributed by atoms with Gasteiger partial charge in [0.05, 0.1) is 6.21 Å². The summed E-state index contributed by atoms with van der Waals surface area (Å²) in [6, 6.07) is 15.5. The molecular weight excluding hydrogens is 262 g/mol.